The summed E-state index contributed by atoms with van der Waals surface area (Å²) in [7, 11) is -3.82. The van der Waals surface area contributed by atoms with Crippen molar-refractivity contribution in [2.24, 2.45) is 0 Å². The third-order valence-electron chi connectivity index (χ3n) is 3.51. The molecule has 0 radical (unpaired) electrons. The van der Waals surface area contributed by atoms with Crippen molar-refractivity contribution < 1.29 is 13.0 Å². The lowest BCUT2D eigenvalue weighted by Crippen LogP contribution is -2.19. The fourth-order valence-electron chi connectivity index (χ4n) is 2.25. The topological polar surface area (TPSA) is 54.4 Å². The highest BCUT2D eigenvalue weighted by Gasteiger charge is 2.19. The minimum atomic E-state index is -3.82. The van der Waals surface area contributed by atoms with Crippen molar-refractivity contribution in [1.82, 2.24) is 0 Å². The normalized spacial score (nSPS) is 13.7. The van der Waals surface area contributed by atoms with Crippen LogP contribution >= 0.6 is 0 Å². The molecular weight excluding hydrogens is 248 g/mol. The zero-order valence-corrected chi connectivity index (χ0v) is 12.8. The third-order valence-corrected chi connectivity index (χ3v) is 4.92. The Labute approximate surface area is 113 Å². The van der Waals surface area contributed by atoms with E-state index >= 15 is 0 Å². The van der Waals surface area contributed by atoms with Crippen LogP contribution < -0.4 is 0 Å². The van der Waals surface area contributed by atoms with Gasteiger partial charge in [0, 0.05) is 0 Å². The quantitative estimate of drug-likeness (QED) is 0.420. The molecule has 0 fully saturated rings. The molecule has 0 spiro atoms. The van der Waals surface area contributed by atoms with E-state index in [1.165, 1.54) is 44.9 Å². The Bertz CT molecular complexity index is 273. The van der Waals surface area contributed by atoms with Gasteiger partial charge in [0.25, 0.3) is 10.1 Å². The highest BCUT2D eigenvalue weighted by atomic mass is 32.2. The molecule has 0 aromatic heterocycles. The van der Waals surface area contributed by atoms with Crippen molar-refractivity contribution in [1.29, 1.82) is 0 Å². The van der Waals surface area contributed by atoms with E-state index in [-0.39, 0.29) is 0 Å². The summed E-state index contributed by atoms with van der Waals surface area (Å²) in [5.41, 5.74) is 0. The lowest BCUT2D eigenvalue weighted by molar-refractivity contribution is 0.452. The van der Waals surface area contributed by atoms with Crippen LogP contribution in [0.15, 0.2) is 0 Å². The van der Waals surface area contributed by atoms with Crippen LogP contribution in [0.25, 0.3) is 0 Å². The SMILES string of the molecule is CCCCCCCCCCCC(CC)S(=O)(=O)O. The van der Waals surface area contributed by atoms with Crippen molar-refractivity contribution in [3.05, 3.63) is 0 Å². The van der Waals surface area contributed by atoms with Crippen molar-refractivity contribution in [2.45, 2.75) is 89.7 Å². The van der Waals surface area contributed by atoms with Crippen molar-refractivity contribution in [3.8, 4) is 0 Å². The standard InChI is InChI=1S/C14H30O3S/c1-3-5-6-7-8-9-10-11-12-13-14(4-2)18(15,16)17/h14H,3-13H2,1-2H3,(H,15,16,17). The molecule has 0 saturated heterocycles. The van der Waals surface area contributed by atoms with Crippen LogP contribution in [0.2, 0.25) is 0 Å². The minimum absolute atomic E-state index is 0.510. The molecule has 1 unspecified atom stereocenters. The number of rotatable bonds is 12. The highest BCUT2D eigenvalue weighted by molar-refractivity contribution is 7.86. The second kappa shape index (κ2) is 10.8. The van der Waals surface area contributed by atoms with Crippen LogP contribution in [0.1, 0.15) is 84.5 Å². The van der Waals surface area contributed by atoms with Crippen molar-refractivity contribution in [3.63, 3.8) is 0 Å². The van der Waals surface area contributed by atoms with Crippen LogP contribution in [0, 0.1) is 0 Å². The first-order valence-electron chi connectivity index (χ1n) is 7.48. The Hall–Kier alpha value is -0.0900. The molecule has 18 heavy (non-hydrogen) atoms. The van der Waals surface area contributed by atoms with Crippen LogP contribution in [0.4, 0.5) is 0 Å². The molecule has 0 rings (SSSR count). The monoisotopic (exact) mass is 278 g/mol. The molecule has 3 nitrogen and oxygen atoms in total. The second-order valence-corrected chi connectivity index (χ2v) is 6.86. The summed E-state index contributed by atoms with van der Waals surface area (Å²) in [6.07, 6.45) is 12.2. The van der Waals surface area contributed by atoms with Gasteiger partial charge in [0.05, 0.1) is 5.25 Å². The zero-order valence-electron chi connectivity index (χ0n) is 12.0. The molecule has 4 heteroatoms. The van der Waals surface area contributed by atoms with Gasteiger partial charge in [-0.05, 0) is 12.8 Å². The van der Waals surface area contributed by atoms with E-state index < -0.39 is 15.4 Å². The first-order valence-corrected chi connectivity index (χ1v) is 8.99. The maximum Gasteiger partial charge on any atom is 0.267 e. The van der Waals surface area contributed by atoms with E-state index in [2.05, 4.69) is 6.92 Å². The maximum absolute atomic E-state index is 11.0. The first-order chi connectivity index (χ1) is 8.52. The summed E-state index contributed by atoms with van der Waals surface area (Å²) in [6, 6.07) is 0. The smallest absolute Gasteiger partial charge is 0.267 e. The molecule has 0 bridgehead atoms. The summed E-state index contributed by atoms with van der Waals surface area (Å²) in [5, 5.41) is -0.554. The minimum Gasteiger partial charge on any atom is -0.285 e. The van der Waals surface area contributed by atoms with Crippen LogP contribution in [-0.4, -0.2) is 18.2 Å². The lowest BCUT2D eigenvalue weighted by Gasteiger charge is -2.10. The first kappa shape index (κ1) is 17.9. The van der Waals surface area contributed by atoms with E-state index in [1.807, 2.05) is 6.92 Å². The van der Waals surface area contributed by atoms with Crippen LogP contribution in [-0.2, 0) is 10.1 Å². The Kier molecular flexibility index (Phi) is 10.7. The zero-order chi connectivity index (χ0) is 13.9. The summed E-state index contributed by atoms with van der Waals surface area (Å²) in [6.45, 7) is 4.03. The Morgan fingerprint density at radius 2 is 1.28 bits per heavy atom. The fraction of sp³-hybridized carbons (Fsp3) is 1.00. The van der Waals surface area contributed by atoms with E-state index in [0.29, 0.717) is 12.8 Å². The summed E-state index contributed by atoms with van der Waals surface area (Å²) >= 11 is 0. The van der Waals surface area contributed by atoms with Crippen molar-refractivity contribution in [2.75, 3.05) is 0 Å². The lowest BCUT2D eigenvalue weighted by atomic mass is 10.1. The molecule has 0 amide bonds. The van der Waals surface area contributed by atoms with Gasteiger partial charge in [-0.25, -0.2) is 0 Å². The Balaban J connectivity index is 3.39. The predicted molar refractivity (Wildman–Crippen MR) is 77.5 cm³/mol. The van der Waals surface area contributed by atoms with E-state index in [9.17, 15) is 8.42 Å². The molecule has 110 valence electrons. The van der Waals surface area contributed by atoms with Crippen molar-refractivity contribution >= 4 is 10.1 Å². The summed E-state index contributed by atoms with van der Waals surface area (Å²) < 4.78 is 30.9. The third kappa shape index (κ3) is 9.89. The van der Waals surface area contributed by atoms with Crippen LogP contribution in [0.3, 0.4) is 0 Å². The van der Waals surface area contributed by atoms with E-state index in [0.717, 1.165) is 12.8 Å². The van der Waals surface area contributed by atoms with Gasteiger partial charge in [-0.3, -0.25) is 4.55 Å². The van der Waals surface area contributed by atoms with Gasteiger partial charge in [0.15, 0.2) is 0 Å². The molecule has 0 aromatic carbocycles. The molecular formula is C14H30O3S. The number of hydrogen-bond acceptors (Lipinski definition) is 2. The largest absolute Gasteiger partial charge is 0.285 e. The molecule has 0 heterocycles. The van der Waals surface area contributed by atoms with Gasteiger partial charge < -0.3 is 0 Å². The predicted octanol–water partition coefficient (Wildman–Crippen LogP) is 4.57. The van der Waals surface area contributed by atoms with E-state index in [1.54, 1.807) is 0 Å². The molecule has 0 aliphatic rings. The van der Waals surface area contributed by atoms with Gasteiger partial charge in [0.1, 0.15) is 0 Å². The molecule has 0 aliphatic carbocycles. The molecule has 0 aliphatic heterocycles. The summed E-state index contributed by atoms with van der Waals surface area (Å²) in [5.74, 6) is 0. The van der Waals surface area contributed by atoms with Gasteiger partial charge in [-0.15, -0.1) is 0 Å². The fourth-order valence-corrected chi connectivity index (χ4v) is 3.13. The van der Waals surface area contributed by atoms with Gasteiger partial charge in [-0.2, -0.15) is 8.42 Å². The molecule has 1 atom stereocenters. The van der Waals surface area contributed by atoms with E-state index in [4.69, 9.17) is 4.55 Å². The molecule has 0 aromatic rings. The summed E-state index contributed by atoms with van der Waals surface area (Å²) in [4.78, 5) is 0. The average molecular weight is 278 g/mol. The van der Waals surface area contributed by atoms with Gasteiger partial charge in [-0.1, -0.05) is 71.6 Å². The molecule has 1 N–H and O–H groups in total. The maximum atomic E-state index is 11.0. The highest BCUT2D eigenvalue weighted by Crippen LogP contribution is 2.15. The second-order valence-electron chi connectivity index (χ2n) is 5.16. The average Bonchev–Trinajstić information content (AvgIpc) is 2.30. The Morgan fingerprint density at radius 1 is 0.833 bits per heavy atom. The molecule has 0 saturated carbocycles. The number of hydrogen-bond donors (Lipinski definition) is 1. The number of unbranched alkanes of at least 4 members (excludes halogenated alkanes) is 8. The van der Waals surface area contributed by atoms with Gasteiger partial charge in [0.2, 0.25) is 0 Å². The van der Waals surface area contributed by atoms with Gasteiger partial charge >= 0.3 is 0 Å². The Morgan fingerprint density at radius 3 is 1.67 bits per heavy atom. The van der Waals surface area contributed by atoms with Crippen LogP contribution in [0.5, 0.6) is 0 Å².